The van der Waals surface area contributed by atoms with Gasteiger partial charge in [0.25, 0.3) is 0 Å². The van der Waals surface area contributed by atoms with Crippen molar-refractivity contribution >= 4 is 23.4 Å². The minimum Gasteiger partial charge on any atom is -0.342 e. The molecule has 3 amide bonds. The van der Waals surface area contributed by atoms with Gasteiger partial charge in [0.15, 0.2) is 0 Å². The van der Waals surface area contributed by atoms with E-state index in [1.807, 2.05) is 23.1 Å². The Morgan fingerprint density at radius 3 is 2.56 bits per heavy atom. The van der Waals surface area contributed by atoms with Crippen LogP contribution in [0.5, 0.6) is 0 Å². The summed E-state index contributed by atoms with van der Waals surface area (Å²) in [6.45, 7) is 2.54. The van der Waals surface area contributed by atoms with Crippen molar-refractivity contribution in [2.75, 3.05) is 31.5 Å². The van der Waals surface area contributed by atoms with E-state index in [9.17, 15) is 14.4 Å². The summed E-state index contributed by atoms with van der Waals surface area (Å²) >= 11 is 0. The van der Waals surface area contributed by atoms with E-state index in [0.29, 0.717) is 31.1 Å². The molecule has 3 aliphatic rings. The van der Waals surface area contributed by atoms with Gasteiger partial charge in [-0.15, -0.1) is 0 Å². The molecule has 2 heterocycles. The Balaban J connectivity index is 1.38. The van der Waals surface area contributed by atoms with E-state index in [2.05, 4.69) is 5.32 Å². The van der Waals surface area contributed by atoms with Crippen molar-refractivity contribution in [3.63, 3.8) is 0 Å². The van der Waals surface area contributed by atoms with E-state index in [1.54, 1.807) is 17.0 Å². The highest BCUT2D eigenvalue weighted by atomic mass is 16.2. The summed E-state index contributed by atoms with van der Waals surface area (Å²) in [5, 5.41) is 2.65. The Morgan fingerprint density at radius 1 is 1.07 bits per heavy atom. The largest absolute Gasteiger partial charge is 0.342 e. The summed E-state index contributed by atoms with van der Waals surface area (Å²) in [7, 11) is 0. The number of anilines is 1. The lowest BCUT2D eigenvalue weighted by atomic mass is 9.77. The van der Waals surface area contributed by atoms with Gasteiger partial charge in [-0.25, -0.2) is 0 Å². The van der Waals surface area contributed by atoms with Crippen molar-refractivity contribution in [1.29, 1.82) is 0 Å². The number of hydrogen-bond acceptors (Lipinski definition) is 3. The van der Waals surface area contributed by atoms with E-state index in [4.69, 9.17) is 0 Å². The van der Waals surface area contributed by atoms with Crippen LogP contribution in [0.15, 0.2) is 30.3 Å². The summed E-state index contributed by atoms with van der Waals surface area (Å²) in [5.41, 5.74) is 0.121. The highest BCUT2D eigenvalue weighted by Gasteiger charge is 2.50. The van der Waals surface area contributed by atoms with Crippen LogP contribution in [0, 0.1) is 11.3 Å². The molecule has 1 N–H and O–H groups in total. The number of piperidine rings is 1. The number of rotatable bonds is 3. The molecular formula is C21H27N3O3. The Kier molecular flexibility index (Phi) is 4.89. The molecule has 1 spiro atoms. The molecule has 2 aliphatic heterocycles. The Morgan fingerprint density at radius 2 is 1.85 bits per heavy atom. The fourth-order valence-corrected chi connectivity index (χ4v) is 4.59. The van der Waals surface area contributed by atoms with Crippen molar-refractivity contribution in [3.8, 4) is 0 Å². The van der Waals surface area contributed by atoms with Gasteiger partial charge >= 0.3 is 11.8 Å². The zero-order valence-electron chi connectivity index (χ0n) is 15.7. The summed E-state index contributed by atoms with van der Waals surface area (Å²) in [5.74, 6) is -0.327. The molecule has 2 saturated heterocycles. The molecule has 0 aromatic heterocycles. The standard InChI is InChI=1S/C21H27N3O3/c25-18(22-17-8-2-1-3-9-17)19(26)24-13-11-21(15-24)10-5-12-23(20(21)27)14-16-6-4-7-16/h1-3,8-9,16H,4-7,10-15H2,(H,22,25)/t21-/m0/s1. The lowest BCUT2D eigenvalue weighted by molar-refractivity contribution is -0.148. The van der Waals surface area contributed by atoms with Crippen molar-refractivity contribution in [3.05, 3.63) is 30.3 Å². The first-order valence-electron chi connectivity index (χ1n) is 10.0. The van der Waals surface area contributed by atoms with Crippen molar-refractivity contribution in [2.45, 2.75) is 38.5 Å². The number of para-hydroxylation sites is 1. The normalized spacial score (nSPS) is 25.6. The molecular weight excluding hydrogens is 342 g/mol. The average molecular weight is 369 g/mol. The molecule has 3 fully saturated rings. The van der Waals surface area contributed by atoms with Crippen LogP contribution in [0.25, 0.3) is 0 Å². The first-order chi connectivity index (χ1) is 13.1. The molecule has 0 radical (unpaired) electrons. The van der Waals surface area contributed by atoms with Crippen LogP contribution >= 0.6 is 0 Å². The Bertz CT molecular complexity index is 731. The second kappa shape index (κ2) is 7.33. The van der Waals surface area contributed by atoms with E-state index in [-0.39, 0.29) is 5.91 Å². The van der Waals surface area contributed by atoms with Gasteiger partial charge in [-0.05, 0) is 50.2 Å². The van der Waals surface area contributed by atoms with Gasteiger partial charge in [0.05, 0.1) is 5.41 Å². The van der Waals surface area contributed by atoms with Crippen LogP contribution in [-0.4, -0.2) is 53.7 Å². The SMILES string of the molecule is O=C(Nc1ccccc1)C(=O)N1CC[C@@]2(CCCN(CC3CCC3)C2=O)C1. The minimum absolute atomic E-state index is 0.194. The fraction of sp³-hybridized carbons (Fsp3) is 0.571. The fourth-order valence-electron chi connectivity index (χ4n) is 4.59. The van der Waals surface area contributed by atoms with E-state index < -0.39 is 17.2 Å². The summed E-state index contributed by atoms with van der Waals surface area (Å²) in [6.07, 6.45) is 6.18. The molecule has 27 heavy (non-hydrogen) atoms. The minimum atomic E-state index is -0.632. The van der Waals surface area contributed by atoms with Crippen LogP contribution in [0.2, 0.25) is 0 Å². The number of likely N-dealkylation sites (tertiary alicyclic amines) is 2. The smallest absolute Gasteiger partial charge is 0.313 e. The van der Waals surface area contributed by atoms with Gasteiger partial charge in [-0.2, -0.15) is 0 Å². The van der Waals surface area contributed by atoms with Gasteiger partial charge in [0, 0.05) is 31.9 Å². The lowest BCUT2D eigenvalue weighted by Crippen LogP contribution is -2.52. The maximum Gasteiger partial charge on any atom is 0.313 e. The molecule has 1 aliphatic carbocycles. The van der Waals surface area contributed by atoms with E-state index in [0.717, 1.165) is 25.9 Å². The molecule has 6 heteroatoms. The van der Waals surface area contributed by atoms with Crippen LogP contribution < -0.4 is 5.32 Å². The zero-order chi connectivity index (χ0) is 18.9. The molecule has 1 atom stereocenters. The van der Waals surface area contributed by atoms with Crippen molar-refractivity contribution < 1.29 is 14.4 Å². The van der Waals surface area contributed by atoms with Crippen molar-refractivity contribution in [2.24, 2.45) is 11.3 Å². The number of carbonyl (C=O) groups excluding carboxylic acids is 3. The molecule has 1 saturated carbocycles. The highest BCUT2D eigenvalue weighted by molar-refractivity contribution is 6.39. The van der Waals surface area contributed by atoms with E-state index in [1.165, 1.54) is 19.3 Å². The third-order valence-electron chi connectivity index (χ3n) is 6.39. The molecule has 0 unspecified atom stereocenters. The average Bonchev–Trinajstić information content (AvgIpc) is 3.07. The number of hydrogen-bond donors (Lipinski definition) is 1. The Labute approximate surface area is 159 Å². The number of nitrogens with zero attached hydrogens (tertiary/aromatic N) is 2. The Hall–Kier alpha value is -2.37. The topological polar surface area (TPSA) is 69.7 Å². The number of amides is 3. The van der Waals surface area contributed by atoms with Gasteiger partial charge < -0.3 is 15.1 Å². The lowest BCUT2D eigenvalue weighted by Gasteiger charge is -2.42. The summed E-state index contributed by atoms with van der Waals surface area (Å²) in [6, 6.07) is 8.97. The zero-order valence-corrected chi connectivity index (χ0v) is 15.7. The van der Waals surface area contributed by atoms with Crippen LogP contribution in [-0.2, 0) is 14.4 Å². The molecule has 4 rings (SSSR count). The third-order valence-corrected chi connectivity index (χ3v) is 6.39. The molecule has 0 bridgehead atoms. The van der Waals surface area contributed by atoms with Gasteiger partial charge in [0.2, 0.25) is 5.91 Å². The number of benzene rings is 1. The van der Waals surface area contributed by atoms with Gasteiger partial charge in [0.1, 0.15) is 0 Å². The predicted molar refractivity (Wildman–Crippen MR) is 102 cm³/mol. The maximum absolute atomic E-state index is 13.1. The van der Waals surface area contributed by atoms with Gasteiger partial charge in [-0.3, -0.25) is 14.4 Å². The molecule has 1 aromatic rings. The highest BCUT2D eigenvalue weighted by Crippen LogP contribution is 2.41. The second-order valence-corrected chi connectivity index (χ2v) is 8.23. The monoisotopic (exact) mass is 369 g/mol. The first kappa shape index (κ1) is 18.0. The molecule has 6 nitrogen and oxygen atoms in total. The van der Waals surface area contributed by atoms with E-state index >= 15 is 0 Å². The number of carbonyl (C=O) groups is 3. The van der Waals surface area contributed by atoms with Crippen LogP contribution in [0.1, 0.15) is 38.5 Å². The van der Waals surface area contributed by atoms with Crippen LogP contribution in [0.3, 0.4) is 0 Å². The summed E-state index contributed by atoms with van der Waals surface area (Å²) in [4.78, 5) is 41.6. The predicted octanol–water partition coefficient (Wildman–Crippen LogP) is 2.27. The summed E-state index contributed by atoms with van der Waals surface area (Å²) < 4.78 is 0. The number of nitrogens with one attached hydrogen (secondary N) is 1. The van der Waals surface area contributed by atoms with Gasteiger partial charge in [-0.1, -0.05) is 24.6 Å². The second-order valence-electron chi connectivity index (χ2n) is 8.23. The maximum atomic E-state index is 13.1. The van der Waals surface area contributed by atoms with Crippen LogP contribution in [0.4, 0.5) is 5.69 Å². The molecule has 144 valence electrons. The third kappa shape index (κ3) is 3.57. The quantitative estimate of drug-likeness (QED) is 0.831. The first-order valence-corrected chi connectivity index (χ1v) is 10.0. The van der Waals surface area contributed by atoms with Crippen molar-refractivity contribution in [1.82, 2.24) is 9.80 Å². The molecule has 1 aromatic carbocycles.